The van der Waals surface area contributed by atoms with Crippen molar-refractivity contribution in [2.75, 3.05) is 13.1 Å². The van der Waals surface area contributed by atoms with E-state index in [-0.39, 0.29) is 18.2 Å². The molecular weight excluding hydrogens is 558 g/mol. The largest absolute Gasteiger partial charge is 0.485 e. The van der Waals surface area contributed by atoms with E-state index in [9.17, 15) is 5.11 Å². The van der Waals surface area contributed by atoms with Crippen molar-refractivity contribution in [3.05, 3.63) is 119 Å². The van der Waals surface area contributed by atoms with Crippen LogP contribution in [0, 0.1) is 5.92 Å². The molecule has 4 aromatic rings. The molecule has 5 nitrogen and oxygen atoms in total. The molecule has 1 N–H and O–H groups in total. The number of likely N-dealkylation sites (tertiary alicyclic amines) is 1. The molecule has 2 saturated carbocycles. The van der Waals surface area contributed by atoms with Crippen molar-refractivity contribution >= 4 is 0 Å². The minimum absolute atomic E-state index is 0.110. The first kappa shape index (κ1) is 27.7. The number of hydrogen-bond acceptors (Lipinski definition) is 5. The molecule has 45 heavy (non-hydrogen) atoms. The molecule has 9 rings (SSSR count). The third-order valence-electron chi connectivity index (χ3n) is 11.5. The van der Waals surface area contributed by atoms with E-state index >= 15 is 0 Å². The maximum atomic E-state index is 12.9. The van der Waals surface area contributed by atoms with Crippen LogP contribution in [-0.4, -0.2) is 46.9 Å². The second-order valence-corrected chi connectivity index (χ2v) is 14.0. The summed E-state index contributed by atoms with van der Waals surface area (Å²) in [6.07, 6.45) is 5.53. The van der Waals surface area contributed by atoms with Crippen LogP contribution in [-0.2, 0) is 29.8 Å². The first-order valence-electron chi connectivity index (χ1n) is 16.8. The van der Waals surface area contributed by atoms with Crippen molar-refractivity contribution < 1.29 is 19.3 Å². The van der Waals surface area contributed by atoms with Crippen LogP contribution in [0.4, 0.5) is 0 Å². The number of benzene rings is 4. The highest BCUT2D eigenvalue weighted by Crippen LogP contribution is 2.66. The molecule has 1 spiro atoms. The Balaban J connectivity index is 1.03. The van der Waals surface area contributed by atoms with Crippen LogP contribution in [0.5, 0.6) is 11.5 Å². The molecule has 230 valence electrons. The first-order chi connectivity index (χ1) is 22.1. The molecule has 0 aromatic heterocycles. The lowest BCUT2D eigenvalue weighted by molar-refractivity contribution is -0.217. The van der Waals surface area contributed by atoms with Gasteiger partial charge in [0.15, 0.2) is 11.5 Å². The first-order valence-corrected chi connectivity index (χ1v) is 16.8. The zero-order chi connectivity index (χ0) is 30.0. The standard InChI is InChI=1S/C40H41NO4/c42-40-20-19-34(44-26-29-13-15-31(16-14-29)30-9-5-2-6-10-30)38-39(40)21-22-41(24-27-11-12-27)35(40)23-32-17-18-33(37(45-38)36(32)39)43-25-28-7-3-1-4-8-28/h1-10,13-18,27,34-35,38,42H,11-12,19-26H2/t34-,35+,38-,39-,40+/m0/s1. The zero-order valence-electron chi connectivity index (χ0n) is 25.7. The zero-order valence-corrected chi connectivity index (χ0v) is 25.7. The van der Waals surface area contributed by atoms with E-state index in [0.29, 0.717) is 13.2 Å². The third-order valence-corrected chi connectivity index (χ3v) is 11.5. The lowest BCUT2D eigenvalue weighted by Crippen LogP contribution is -2.77. The summed E-state index contributed by atoms with van der Waals surface area (Å²) >= 11 is 0. The Labute approximate surface area is 265 Å². The molecule has 0 unspecified atom stereocenters. The van der Waals surface area contributed by atoms with E-state index < -0.39 is 11.0 Å². The minimum atomic E-state index is -0.849. The second kappa shape index (κ2) is 10.7. The van der Waals surface area contributed by atoms with E-state index in [2.05, 4.69) is 77.7 Å². The molecule has 2 bridgehead atoms. The third kappa shape index (κ3) is 4.46. The van der Waals surface area contributed by atoms with Gasteiger partial charge in [0.25, 0.3) is 0 Å². The Hall–Kier alpha value is -3.64. The summed E-state index contributed by atoms with van der Waals surface area (Å²) in [5, 5.41) is 12.9. The van der Waals surface area contributed by atoms with Gasteiger partial charge in [0.2, 0.25) is 0 Å². The van der Waals surface area contributed by atoms with E-state index in [1.165, 1.54) is 35.1 Å². The number of hydrogen-bond donors (Lipinski definition) is 1. The molecule has 0 amide bonds. The molecule has 4 aromatic carbocycles. The van der Waals surface area contributed by atoms with Crippen molar-refractivity contribution in [3.8, 4) is 22.6 Å². The molecule has 2 heterocycles. The topological polar surface area (TPSA) is 51.2 Å². The Morgan fingerprint density at radius 2 is 1.51 bits per heavy atom. The van der Waals surface area contributed by atoms with Gasteiger partial charge in [-0.25, -0.2) is 0 Å². The van der Waals surface area contributed by atoms with Crippen LogP contribution in [0.3, 0.4) is 0 Å². The number of aliphatic hydroxyl groups is 1. The number of ether oxygens (including phenoxy) is 3. The average Bonchev–Trinajstić information content (AvgIpc) is 3.83. The van der Waals surface area contributed by atoms with E-state index in [4.69, 9.17) is 14.2 Å². The fourth-order valence-corrected chi connectivity index (χ4v) is 9.07. The van der Waals surface area contributed by atoms with Crippen LogP contribution in [0.15, 0.2) is 97.1 Å². The van der Waals surface area contributed by atoms with Gasteiger partial charge in [-0.05, 0) is 84.9 Å². The van der Waals surface area contributed by atoms with Gasteiger partial charge in [0.05, 0.1) is 23.7 Å². The van der Waals surface area contributed by atoms with E-state index in [1.807, 2.05) is 24.3 Å². The van der Waals surface area contributed by atoms with Crippen LogP contribution in [0.1, 0.15) is 54.4 Å². The summed E-state index contributed by atoms with van der Waals surface area (Å²) in [6.45, 7) is 3.10. The lowest BCUT2D eigenvalue weighted by Gasteiger charge is -2.64. The van der Waals surface area contributed by atoms with Crippen LogP contribution >= 0.6 is 0 Å². The second-order valence-electron chi connectivity index (χ2n) is 14.0. The predicted octanol–water partition coefficient (Wildman–Crippen LogP) is 7.08. The maximum absolute atomic E-state index is 12.9. The molecule has 5 aliphatic rings. The fraction of sp³-hybridized carbons (Fsp3) is 0.400. The molecular formula is C40H41NO4. The smallest absolute Gasteiger partial charge is 0.166 e. The predicted molar refractivity (Wildman–Crippen MR) is 174 cm³/mol. The van der Waals surface area contributed by atoms with Gasteiger partial charge in [0, 0.05) is 18.2 Å². The van der Waals surface area contributed by atoms with E-state index in [1.54, 1.807) is 0 Å². The maximum Gasteiger partial charge on any atom is 0.166 e. The molecule has 3 fully saturated rings. The summed E-state index contributed by atoms with van der Waals surface area (Å²) in [5.74, 6) is 2.40. The van der Waals surface area contributed by atoms with Gasteiger partial charge in [-0.2, -0.15) is 0 Å². The Morgan fingerprint density at radius 3 is 2.29 bits per heavy atom. The minimum Gasteiger partial charge on any atom is -0.485 e. The number of nitrogens with zero attached hydrogens (tertiary/aromatic N) is 1. The molecule has 1 saturated heterocycles. The van der Waals surface area contributed by atoms with Crippen molar-refractivity contribution in [3.63, 3.8) is 0 Å². The Kier molecular flexibility index (Phi) is 6.59. The van der Waals surface area contributed by atoms with Crippen LogP contribution in [0.25, 0.3) is 11.1 Å². The van der Waals surface area contributed by atoms with Crippen LogP contribution in [0.2, 0.25) is 0 Å². The van der Waals surface area contributed by atoms with Gasteiger partial charge < -0.3 is 19.3 Å². The normalized spacial score (nSPS) is 29.6. The molecule has 0 radical (unpaired) electrons. The van der Waals surface area contributed by atoms with Gasteiger partial charge in [-0.1, -0.05) is 91.0 Å². The molecule has 3 aliphatic carbocycles. The number of piperidine rings is 1. The van der Waals surface area contributed by atoms with E-state index in [0.717, 1.165) is 67.3 Å². The lowest BCUT2D eigenvalue weighted by atomic mass is 9.48. The van der Waals surface area contributed by atoms with Crippen molar-refractivity contribution in [1.82, 2.24) is 4.90 Å². The summed E-state index contributed by atoms with van der Waals surface area (Å²) in [5.41, 5.74) is 5.86. The summed E-state index contributed by atoms with van der Waals surface area (Å²) < 4.78 is 20.3. The Morgan fingerprint density at radius 1 is 0.778 bits per heavy atom. The highest BCUT2D eigenvalue weighted by Gasteiger charge is 2.73. The molecule has 2 aliphatic heterocycles. The van der Waals surface area contributed by atoms with Gasteiger partial charge in [-0.3, -0.25) is 4.90 Å². The van der Waals surface area contributed by atoms with Crippen molar-refractivity contribution in [2.24, 2.45) is 5.92 Å². The average molecular weight is 600 g/mol. The summed E-state index contributed by atoms with van der Waals surface area (Å²) in [7, 11) is 0. The molecule has 5 atom stereocenters. The highest BCUT2D eigenvalue weighted by molar-refractivity contribution is 5.64. The van der Waals surface area contributed by atoms with Crippen molar-refractivity contribution in [1.29, 1.82) is 0 Å². The SMILES string of the molecule is O[C@@]12CC[C@H](OCc3ccc(-c4ccccc4)cc3)[C@@H]3Oc4c(OCc5ccccc5)ccc5c4[C@@]31CCN(CC1CC1)[C@@H]2C5. The van der Waals surface area contributed by atoms with Gasteiger partial charge in [-0.15, -0.1) is 0 Å². The van der Waals surface area contributed by atoms with Gasteiger partial charge >= 0.3 is 0 Å². The monoisotopic (exact) mass is 599 g/mol. The quantitative estimate of drug-likeness (QED) is 0.223. The number of rotatable bonds is 9. The van der Waals surface area contributed by atoms with Gasteiger partial charge in [0.1, 0.15) is 12.7 Å². The highest BCUT2D eigenvalue weighted by atomic mass is 16.6. The molecule has 5 heteroatoms. The summed E-state index contributed by atoms with van der Waals surface area (Å²) in [6, 6.07) is 33.9. The summed E-state index contributed by atoms with van der Waals surface area (Å²) in [4.78, 5) is 2.62. The Bertz CT molecular complexity index is 1690. The fourth-order valence-electron chi connectivity index (χ4n) is 9.07. The van der Waals surface area contributed by atoms with Crippen molar-refractivity contribution in [2.45, 2.75) is 81.0 Å². The van der Waals surface area contributed by atoms with Crippen LogP contribution < -0.4 is 9.47 Å².